The van der Waals surface area contributed by atoms with Crippen molar-refractivity contribution in [2.24, 2.45) is 0 Å². The van der Waals surface area contributed by atoms with Crippen molar-refractivity contribution < 1.29 is 23.0 Å². The van der Waals surface area contributed by atoms with Crippen LogP contribution in [-0.2, 0) is 21.1 Å². The minimum atomic E-state index is -2.65. The van der Waals surface area contributed by atoms with Gasteiger partial charge >= 0.3 is 11.4 Å². The molecule has 7 aromatic rings. The quantitative estimate of drug-likeness (QED) is 0.133. The number of hydrogen-bond donors (Lipinski definition) is 2. The number of amides is 1. The van der Waals surface area contributed by atoms with Crippen molar-refractivity contribution in [2.75, 3.05) is 44.4 Å². The van der Waals surface area contributed by atoms with Crippen LogP contribution >= 0.6 is 7.14 Å². The number of rotatable bonds is 11. The van der Waals surface area contributed by atoms with Gasteiger partial charge in [-0.2, -0.15) is 5.10 Å². The van der Waals surface area contributed by atoms with E-state index < -0.39 is 30.0 Å². The summed E-state index contributed by atoms with van der Waals surface area (Å²) in [6.45, 7) is 10.8. The summed E-state index contributed by atoms with van der Waals surface area (Å²) in [6, 6.07) is 12.4. The molecule has 338 valence electrons. The maximum atomic E-state index is 15.4. The first-order chi connectivity index (χ1) is 31.3. The minimum absolute atomic E-state index is 0.243. The molecular weight excluding hydrogens is 851 g/mol. The maximum absolute atomic E-state index is 15.4. The van der Waals surface area contributed by atoms with Crippen molar-refractivity contribution in [3.63, 3.8) is 0 Å². The normalized spacial score (nSPS) is 17.5. The summed E-state index contributed by atoms with van der Waals surface area (Å²) in [7, 11) is -0.877. The predicted octanol–water partition coefficient (Wildman–Crippen LogP) is 6.70. The van der Waals surface area contributed by atoms with Crippen LogP contribution in [0.4, 0.5) is 10.1 Å². The van der Waals surface area contributed by atoms with Crippen molar-refractivity contribution in [3.8, 4) is 17.2 Å². The number of aromatic nitrogens is 8. The fourth-order valence-electron chi connectivity index (χ4n) is 10.2. The summed E-state index contributed by atoms with van der Waals surface area (Å²) >= 11 is 0. The molecule has 0 unspecified atom stereocenters. The molecule has 2 aromatic carbocycles. The largest absolute Gasteiger partial charge is 0.438 e. The second-order valence-electron chi connectivity index (χ2n) is 17.6. The molecule has 0 bridgehead atoms. The topological polar surface area (TPSA) is 180 Å². The lowest BCUT2D eigenvalue weighted by Crippen LogP contribution is -2.40. The number of aryl methyl sites for hydroxylation is 2. The summed E-state index contributed by atoms with van der Waals surface area (Å²) in [6.07, 6.45) is 9.72. The van der Waals surface area contributed by atoms with Gasteiger partial charge in [0.15, 0.2) is 11.5 Å². The number of carbonyl (C=O) groups is 1. The molecule has 2 aliphatic heterocycles. The van der Waals surface area contributed by atoms with Gasteiger partial charge < -0.3 is 23.9 Å². The number of hydrogen-bond acceptors (Lipinski definition) is 10. The van der Waals surface area contributed by atoms with E-state index in [-0.39, 0.29) is 17.4 Å². The SMILES string of the molecule is CCP(=O)(CC)c1ccc(-n2ccn(-c3c4c(nn3-c3cc(C)c(F)c(C)c3)CCN(C(=O)c3nc5cc(C6CCOCC6)ccn5c3C3(c5noc(=O)[nH]5)CC3)[C@H]4C)c2=O)cc1NC. The van der Waals surface area contributed by atoms with Crippen molar-refractivity contribution in [3.05, 3.63) is 133 Å². The average molecular weight is 903 g/mol. The number of pyridine rings is 1. The third kappa shape index (κ3) is 6.84. The number of anilines is 1. The lowest BCUT2D eigenvalue weighted by Gasteiger charge is -2.33. The molecular formula is C47H52FN10O6P. The van der Waals surface area contributed by atoms with Crippen LogP contribution in [-0.4, -0.2) is 88.4 Å². The molecule has 16 nitrogen and oxygen atoms in total. The highest BCUT2D eigenvalue weighted by molar-refractivity contribution is 7.71. The lowest BCUT2D eigenvalue weighted by molar-refractivity contribution is 0.0669. The smallest absolute Gasteiger partial charge is 0.387 e. The second-order valence-corrected chi connectivity index (χ2v) is 21.1. The van der Waals surface area contributed by atoms with Crippen LogP contribution < -0.4 is 22.1 Å². The first-order valence-electron chi connectivity index (χ1n) is 22.4. The van der Waals surface area contributed by atoms with E-state index in [1.54, 1.807) is 55.0 Å². The van der Waals surface area contributed by atoms with Crippen LogP contribution in [0.5, 0.6) is 0 Å². The number of fused-ring (bicyclic) bond motifs is 2. The van der Waals surface area contributed by atoms with Crippen molar-refractivity contribution >= 4 is 29.7 Å². The molecule has 1 aliphatic carbocycles. The van der Waals surface area contributed by atoms with E-state index >= 15 is 9.18 Å². The van der Waals surface area contributed by atoms with Crippen LogP contribution in [0, 0.1) is 19.7 Å². The van der Waals surface area contributed by atoms with E-state index in [1.807, 2.05) is 55.6 Å². The van der Waals surface area contributed by atoms with Crippen molar-refractivity contribution in [2.45, 2.75) is 84.1 Å². The molecule has 10 rings (SSSR count). The molecule has 2 fully saturated rings. The van der Waals surface area contributed by atoms with E-state index in [4.69, 9.17) is 19.3 Å². The fourth-order valence-corrected chi connectivity index (χ4v) is 12.2. The van der Waals surface area contributed by atoms with E-state index in [1.165, 1.54) is 9.13 Å². The van der Waals surface area contributed by atoms with Crippen LogP contribution in [0.3, 0.4) is 0 Å². The number of benzene rings is 2. The van der Waals surface area contributed by atoms with Gasteiger partial charge in [-0.15, -0.1) is 0 Å². The van der Waals surface area contributed by atoms with Crippen molar-refractivity contribution in [1.29, 1.82) is 0 Å². The average Bonchev–Trinajstić information content (AvgIpc) is 3.60. The molecule has 0 radical (unpaired) electrons. The number of aromatic amines is 1. The Hall–Kier alpha value is -6.32. The number of nitrogens with zero attached hydrogens (tertiary/aromatic N) is 8. The number of nitrogens with one attached hydrogen (secondary N) is 2. The summed E-state index contributed by atoms with van der Waals surface area (Å²) in [5.74, 6) is -0.264. The van der Waals surface area contributed by atoms with Gasteiger partial charge in [0.05, 0.1) is 34.2 Å². The number of imidazole rings is 2. The summed E-state index contributed by atoms with van der Waals surface area (Å²) in [5, 5.41) is 13.1. The molecule has 1 saturated heterocycles. The monoisotopic (exact) mass is 902 g/mol. The third-order valence-corrected chi connectivity index (χ3v) is 17.3. The standard InChI is InChI=1S/C47H52FN10O6P/c1-7-65(62,8-2)36-10-9-32(26-35(36)49-6)55-19-20-57(46(55)61)42-38-29(5)54(18-12-34(38)52-58(42)33-23-27(3)39(48)28(4)24-33)43(59)40-41(47(15-16-47)44-51-45(60)64-53-44)56-17-11-31(25-37(56)50-40)30-13-21-63-22-14-30/h9-11,17,19-20,23-26,29-30,49H,7-8,12-16,18,21-22H2,1-6H3,(H,51,53,60)/t29-/m0/s1. The Morgan fingerprint density at radius 2 is 1.71 bits per heavy atom. The molecule has 65 heavy (non-hydrogen) atoms. The first kappa shape index (κ1) is 42.6. The number of H-pyrrole nitrogens is 1. The molecule has 3 aliphatic rings. The summed E-state index contributed by atoms with van der Waals surface area (Å²) in [5.41, 5.74) is 5.42. The zero-order valence-corrected chi connectivity index (χ0v) is 38.2. The second kappa shape index (κ2) is 16.0. The molecule has 0 spiro atoms. The van der Waals surface area contributed by atoms with Gasteiger partial charge in [-0.25, -0.2) is 23.6 Å². The van der Waals surface area contributed by atoms with Gasteiger partial charge in [0.1, 0.15) is 24.4 Å². The maximum Gasteiger partial charge on any atom is 0.438 e. The Morgan fingerprint density at radius 1 is 0.985 bits per heavy atom. The first-order valence-corrected chi connectivity index (χ1v) is 24.5. The lowest BCUT2D eigenvalue weighted by atomic mass is 9.92. The van der Waals surface area contributed by atoms with Gasteiger partial charge in [-0.05, 0) is 112 Å². The molecule has 7 heterocycles. The molecule has 5 aromatic heterocycles. The Labute approximate surface area is 373 Å². The summed E-state index contributed by atoms with van der Waals surface area (Å²) < 4.78 is 46.3. The highest BCUT2D eigenvalue weighted by atomic mass is 31.2. The third-order valence-electron chi connectivity index (χ3n) is 14.0. The molecule has 1 amide bonds. The van der Waals surface area contributed by atoms with Gasteiger partial charge in [0, 0.05) is 80.7 Å². The van der Waals surface area contributed by atoms with Crippen LogP contribution in [0.15, 0.2) is 75.2 Å². The van der Waals surface area contributed by atoms with E-state index in [0.717, 1.165) is 23.7 Å². The van der Waals surface area contributed by atoms with E-state index in [0.29, 0.717) is 120 Å². The Bertz CT molecular complexity index is 3170. The molecule has 1 saturated carbocycles. The van der Waals surface area contributed by atoms with E-state index in [9.17, 15) is 14.2 Å². The Kier molecular flexibility index (Phi) is 10.5. The summed E-state index contributed by atoms with van der Waals surface area (Å²) in [4.78, 5) is 52.1. The fraction of sp³-hybridized carbons (Fsp3) is 0.404. The van der Waals surface area contributed by atoms with E-state index in [2.05, 4.69) is 21.5 Å². The molecule has 18 heteroatoms. The highest BCUT2D eigenvalue weighted by Gasteiger charge is 2.54. The molecule has 2 N–H and O–H groups in total. The Morgan fingerprint density at radius 3 is 2.37 bits per heavy atom. The number of halogens is 1. The van der Waals surface area contributed by atoms with Crippen molar-refractivity contribution in [1.82, 2.24) is 43.3 Å². The van der Waals surface area contributed by atoms with Gasteiger partial charge in [-0.1, -0.05) is 19.0 Å². The highest BCUT2D eigenvalue weighted by Crippen LogP contribution is 2.54. The van der Waals surface area contributed by atoms with Gasteiger partial charge in [0.2, 0.25) is 0 Å². The molecule has 1 atom stereocenters. The van der Waals surface area contributed by atoms with Crippen LogP contribution in [0.25, 0.3) is 22.8 Å². The number of ether oxygens (including phenoxy) is 1. The van der Waals surface area contributed by atoms with Crippen LogP contribution in [0.2, 0.25) is 0 Å². The zero-order valence-electron chi connectivity index (χ0n) is 37.4. The van der Waals surface area contributed by atoms with Gasteiger partial charge in [0.25, 0.3) is 5.91 Å². The van der Waals surface area contributed by atoms with Crippen LogP contribution in [0.1, 0.15) is 108 Å². The zero-order chi connectivity index (χ0) is 45.5. The number of carbonyl (C=O) groups excluding carboxylic acids is 1. The minimum Gasteiger partial charge on any atom is -0.387 e. The predicted molar refractivity (Wildman–Crippen MR) is 244 cm³/mol. The Balaban J connectivity index is 1.10. The van der Waals surface area contributed by atoms with Gasteiger partial charge in [-0.3, -0.25) is 23.4 Å².